The summed E-state index contributed by atoms with van der Waals surface area (Å²) in [6.07, 6.45) is 0. The maximum atomic E-state index is 12.6. The van der Waals surface area contributed by atoms with E-state index in [2.05, 4.69) is 10.2 Å². The van der Waals surface area contributed by atoms with Gasteiger partial charge in [0.15, 0.2) is 0 Å². The zero-order chi connectivity index (χ0) is 20.9. The van der Waals surface area contributed by atoms with Crippen molar-refractivity contribution in [3.05, 3.63) is 65.2 Å². The van der Waals surface area contributed by atoms with Crippen LogP contribution in [0, 0.1) is 0 Å². The van der Waals surface area contributed by atoms with Crippen LogP contribution >= 0.6 is 0 Å². The van der Waals surface area contributed by atoms with E-state index >= 15 is 0 Å². The molecule has 0 unspecified atom stereocenters. The van der Waals surface area contributed by atoms with Gasteiger partial charge >= 0.3 is 0 Å². The van der Waals surface area contributed by atoms with E-state index in [0.29, 0.717) is 30.8 Å². The standard InChI is InChI=1S/C21H27N3O4S/c1-23-11-13-24(14-12-23)29(26,27)16-17-7-9-18(10-8-17)21(25)22-15-19-5-3-4-6-20(19)28-2/h3-10H,11-16H2,1-2H3,(H,22,25). The second-order valence-electron chi connectivity index (χ2n) is 7.15. The van der Waals surface area contributed by atoms with Crippen molar-refractivity contribution in [1.29, 1.82) is 0 Å². The zero-order valence-corrected chi connectivity index (χ0v) is 17.6. The van der Waals surface area contributed by atoms with E-state index in [-0.39, 0.29) is 11.7 Å². The molecule has 2 aromatic rings. The highest BCUT2D eigenvalue weighted by atomic mass is 32.2. The van der Waals surface area contributed by atoms with Crippen LogP contribution in [-0.4, -0.2) is 63.9 Å². The molecule has 0 aliphatic carbocycles. The van der Waals surface area contributed by atoms with Crippen molar-refractivity contribution in [1.82, 2.24) is 14.5 Å². The van der Waals surface area contributed by atoms with Crippen molar-refractivity contribution in [2.45, 2.75) is 12.3 Å². The van der Waals surface area contributed by atoms with Crippen LogP contribution in [0.4, 0.5) is 0 Å². The van der Waals surface area contributed by atoms with Gasteiger partial charge in [0.05, 0.1) is 12.9 Å². The Morgan fingerprint density at radius 3 is 2.34 bits per heavy atom. The molecule has 0 saturated carbocycles. The number of hydrogen-bond acceptors (Lipinski definition) is 5. The fourth-order valence-electron chi connectivity index (χ4n) is 3.25. The summed E-state index contributed by atoms with van der Waals surface area (Å²) in [5, 5.41) is 2.86. The number of piperazine rings is 1. The fourth-order valence-corrected chi connectivity index (χ4v) is 4.76. The first-order chi connectivity index (χ1) is 13.9. The summed E-state index contributed by atoms with van der Waals surface area (Å²) in [4.78, 5) is 14.5. The average Bonchev–Trinajstić information content (AvgIpc) is 2.72. The lowest BCUT2D eigenvalue weighted by Crippen LogP contribution is -2.47. The molecule has 1 N–H and O–H groups in total. The molecule has 0 spiro atoms. The molecule has 2 aromatic carbocycles. The molecule has 8 heteroatoms. The Morgan fingerprint density at radius 2 is 1.69 bits per heavy atom. The summed E-state index contributed by atoms with van der Waals surface area (Å²) in [7, 11) is 0.226. The summed E-state index contributed by atoms with van der Waals surface area (Å²) in [6.45, 7) is 2.86. The lowest BCUT2D eigenvalue weighted by Gasteiger charge is -2.31. The number of amides is 1. The number of carbonyl (C=O) groups is 1. The predicted molar refractivity (Wildman–Crippen MR) is 112 cm³/mol. The Balaban J connectivity index is 1.58. The average molecular weight is 418 g/mol. The number of rotatable bonds is 7. The Labute approximate surface area is 172 Å². The van der Waals surface area contributed by atoms with Crippen LogP contribution in [0.2, 0.25) is 0 Å². The molecule has 1 aliphatic rings. The van der Waals surface area contributed by atoms with Gasteiger partial charge < -0.3 is 15.0 Å². The Kier molecular flexibility index (Phi) is 6.89. The van der Waals surface area contributed by atoms with Crippen LogP contribution < -0.4 is 10.1 Å². The number of hydrogen-bond donors (Lipinski definition) is 1. The summed E-state index contributed by atoms with van der Waals surface area (Å²) in [6, 6.07) is 14.2. The SMILES string of the molecule is COc1ccccc1CNC(=O)c1ccc(CS(=O)(=O)N2CCN(C)CC2)cc1. The predicted octanol–water partition coefficient (Wildman–Crippen LogP) is 1.70. The molecule has 1 saturated heterocycles. The number of ether oxygens (including phenoxy) is 1. The molecule has 29 heavy (non-hydrogen) atoms. The normalized spacial score (nSPS) is 15.8. The lowest BCUT2D eigenvalue weighted by atomic mass is 10.1. The third kappa shape index (κ3) is 5.56. The number of nitrogens with zero attached hydrogens (tertiary/aromatic N) is 2. The summed E-state index contributed by atoms with van der Waals surface area (Å²) in [5.74, 6) is 0.446. The molecule has 3 rings (SSSR count). The molecule has 0 radical (unpaired) electrons. The number of para-hydroxylation sites is 1. The van der Waals surface area contributed by atoms with Crippen LogP contribution in [-0.2, 0) is 22.3 Å². The number of carbonyl (C=O) groups excluding carboxylic acids is 1. The van der Waals surface area contributed by atoms with Crippen LogP contribution in [0.5, 0.6) is 5.75 Å². The van der Waals surface area contributed by atoms with Crippen LogP contribution in [0.25, 0.3) is 0 Å². The molecule has 156 valence electrons. The van der Waals surface area contributed by atoms with Crippen molar-refractivity contribution in [2.75, 3.05) is 40.3 Å². The maximum Gasteiger partial charge on any atom is 0.251 e. The Hall–Kier alpha value is -2.42. The highest BCUT2D eigenvalue weighted by Gasteiger charge is 2.25. The van der Waals surface area contributed by atoms with E-state index in [1.54, 1.807) is 35.7 Å². The number of methoxy groups -OCH3 is 1. The van der Waals surface area contributed by atoms with Crippen molar-refractivity contribution < 1.29 is 17.9 Å². The Bertz CT molecular complexity index is 937. The van der Waals surface area contributed by atoms with Crippen LogP contribution in [0.1, 0.15) is 21.5 Å². The second kappa shape index (κ2) is 9.39. The third-order valence-corrected chi connectivity index (χ3v) is 6.90. The van der Waals surface area contributed by atoms with Crippen molar-refractivity contribution >= 4 is 15.9 Å². The first-order valence-electron chi connectivity index (χ1n) is 9.54. The molecule has 7 nitrogen and oxygen atoms in total. The molecule has 1 fully saturated rings. The van der Waals surface area contributed by atoms with E-state index in [4.69, 9.17) is 4.74 Å². The van der Waals surface area contributed by atoms with Gasteiger partial charge in [0, 0.05) is 43.9 Å². The molecule has 1 amide bonds. The van der Waals surface area contributed by atoms with Gasteiger partial charge in [-0.05, 0) is 30.8 Å². The van der Waals surface area contributed by atoms with E-state index < -0.39 is 10.0 Å². The number of benzene rings is 2. The van der Waals surface area contributed by atoms with E-state index in [1.165, 1.54) is 0 Å². The largest absolute Gasteiger partial charge is 0.496 e. The molecule has 0 bridgehead atoms. The maximum absolute atomic E-state index is 12.6. The zero-order valence-electron chi connectivity index (χ0n) is 16.8. The fraction of sp³-hybridized carbons (Fsp3) is 0.381. The van der Waals surface area contributed by atoms with E-state index in [9.17, 15) is 13.2 Å². The van der Waals surface area contributed by atoms with Crippen LogP contribution in [0.3, 0.4) is 0 Å². The lowest BCUT2D eigenvalue weighted by molar-refractivity contribution is 0.0950. The minimum atomic E-state index is -3.35. The van der Waals surface area contributed by atoms with Gasteiger partial charge in [-0.1, -0.05) is 30.3 Å². The first kappa shape index (κ1) is 21.3. The van der Waals surface area contributed by atoms with Gasteiger partial charge in [-0.2, -0.15) is 4.31 Å². The second-order valence-corrected chi connectivity index (χ2v) is 9.12. The third-order valence-electron chi connectivity index (χ3n) is 5.05. The number of nitrogens with one attached hydrogen (secondary N) is 1. The summed E-state index contributed by atoms with van der Waals surface area (Å²) >= 11 is 0. The highest BCUT2D eigenvalue weighted by Crippen LogP contribution is 2.17. The molecule has 0 atom stereocenters. The highest BCUT2D eigenvalue weighted by molar-refractivity contribution is 7.88. The molecule has 0 aromatic heterocycles. The summed E-state index contributed by atoms with van der Waals surface area (Å²) < 4.78 is 32.1. The van der Waals surface area contributed by atoms with E-state index in [0.717, 1.165) is 24.4 Å². The quantitative estimate of drug-likeness (QED) is 0.742. The monoisotopic (exact) mass is 417 g/mol. The first-order valence-corrected chi connectivity index (χ1v) is 11.2. The molecular weight excluding hydrogens is 390 g/mol. The molecule has 1 aliphatic heterocycles. The van der Waals surface area contributed by atoms with Gasteiger partial charge in [0.25, 0.3) is 5.91 Å². The minimum Gasteiger partial charge on any atom is -0.496 e. The molecular formula is C21H27N3O4S. The van der Waals surface area contributed by atoms with Gasteiger partial charge in [-0.15, -0.1) is 0 Å². The van der Waals surface area contributed by atoms with Gasteiger partial charge in [-0.3, -0.25) is 4.79 Å². The van der Waals surface area contributed by atoms with Gasteiger partial charge in [0.2, 0.25) is 10.0 Å². The number of likely N-dealkylation sites (N-methyl/N-ethyl adjacent to an activating group) is 1. The Morgan fingerprint density at radius 1 is 1.03 bits per heavy atom. The van der Waals surface area contributed by atoms with Crippen LogP contribution in [0.15, 0.2) is 48.5 Å². The van der Waals surface area contributed by atoms with Crippen molar-refractivity contribution in [3.63, 3.8) is 0 Å². The molecule has 1 heterocycles. The topological polar surface area (TPSA) is 78.9 Å². The minimum absolute atomic E-state index is 0.0557. The van der Waals surface area contributed by atoms with Gasteiger partial charge in [0.1, 0.15) is 5.75 Å². The van der Waals surface area contributed by atoms with Crippen molar-refractivity contribution in [2.24, 2.45) is 0 Å². The smallest absolute Gasteiger partial charge is 0.251 e. The van der Waals surface area contributed by atoms with Crippen molar-refractivity contribution in [3.8, 4) is 5.75 Å². The summed E-state index contributed by atoms with van der Waals surface area (Å²) in [5.41, 5.74) is 2.05. The van der Waals surface area contributed by atoms with Gasteiger partial charge in [-0.25, -0.2) is 8.42 Å². The van der Waals surface area contributed by atoms with E-state index in [1.807, 2.05) is 31.3 Å². The number of sulfonamides is 1.